The Morgan fingerprint density at radius 2 is 2.06 bits per heavy atom. The molecule has 0 bridgehead atoms. The highest BCUT2D eigenvalue weighted by Crippen LogP contribution is 2.24. The molecule has 1 heterocycles. The molecule has 0 aliphatic rings. The van der Waals surface area contributed by atoms with Crippen LogP contribution in [0.15, 0.2) is 24.4 Å². The molecule has 82 valence electrons. The first-order valence-electron chi connectivity index (χ1n) is 4.58. The second kappa shape index (κ2) is 4.28. The second-order valence-corrected chi connectivity index (χ2v) is 4.15. The summed E-state index contributed by atoms with van der Waals surface area (Å²) in [4.78, 5) is 10.7. The van der Waals surface area contributed by atoms with E-state index in [0.717, 1.165) is 12.0 Å². The normalized spacial score (nSPS) is 10.4. The van der Waals surface area contributed by atoms with Gasteiger partial charge in [0.1, 0.15) is 0 Å². The van der Waals surface area contributed by atoms with E-state index in [0.29, 0.717) is 21.3 Å². The summed E-state index contributed by atoms with van der Waals surface area (Å²) in [7, 11) is 0. The Labute approximate surface area is 103 Å². The number of aromatic nitrogens is 2. The van der Waals surface area contributed by atoms with Crippen LogP contribution in [0.25, 0.3) is 5.69 Å². The first-order valence-corrected chi connectivity index (χ1v) is 5.34. The van der Waals surface area contributed by atoms with Gasteiger partial charge < -0.3 is 0 Å². The number of nitrogens with zero attached hydrogens (tertiary/aromatic N) is 2. The van der Waals surface area contributed by atoms with Gasteiger partial charge in [-0.15, -0.1) is 0 Å². The lowest BCUT2D eigenvalue weighted by molar-refractivity contribution is 0.112. The third-order valence-corrected chi connectivity index (χ3v) is 2.97. The highest BCUT2D eigenvalue weighted by atomic mass is 35.5. The molecule has 0 saturated heterocycles. The van der Waals surface area contributed by atoms with E-state index in [2.05, 4.69) is 5.10 Å². The van der Waals surface area contributed by atoms with E-state index < -0.39 is 0 Å². The molecule has 0 N–H and O–H groups in total. The molecule has 2 aromatic rings. The zero-order valence-corrected chi connectivity index (χ0v) is 9.96. The molecule has 0 aliphatic carbocycles. The molecule has 1 aromatic heterocycles. The van der Waals surface area contributed by atoms with Gasteiger partial charge >= 0.3 is 0 Å². The standard InChI is InChI=1S/C11H8Cl2N2O/c1-7-8(6-16)5-15(14-7)9-2-3-10(12)11(13)4-9/h2-6H,1H3. The Kier molecular flexibility index (Phi) is 2.99. The number of hydrogen-bond donors (Lipinski definition) is 0. The van der Waals surface area contributed by atoms with Crippen LogP contribution in [0, 0.1) is 6.92 Å². The van der Waals surface area contributed by atoms with Crippen molar-refractivity contribution in [3.05, 3.63) is 45.7 Å². The second-order valence-electron chi connectivity index (χ2n) is 3.33. The van der Waals surface area contributed by atoms with Gasteiger partial charge in [-0.05, 0) is 25.1 Å². The molecule has 5 heteroatoms. The maximum Gasteiger partial charge on any atom is 0.153 e. The quantitative estimate of drug-likeness (QED) is 0.771. The molecule has 0 saturated carbocycles. The Balaban J connectivity index is 2.50. The Morgan fingerprint density at radius 3 is 2.62 bits per heavy atom. The summed E-state index contributed by atoms with van der Waals surface area (Å²) >= 11 is 11.7. The number of aldehydes is 1. The number of hydrogen-bond acceptors (Lipinski definition) is 2. The van der Waals surface area contributed by atoms with Crippen LogP contribution in [-0.4, -0.2) is 16.1 Å². The fourth-order valence-electron chi connectivity index (χ4n) is 1.35. The predicted octanol–water partition coefficient (Wildman–Crippen LogP) is 3.30. The summed E-state index contributed by atoms with van der Waals surface area (Å²) in [5.74, 6) is 0. The van der Waals surface area contributed by atoms with Gasteiger partial charge in [-0.2, -0.15) is 5.10 Å². The Bertz CT molecular complexity index is 549. The van der Waals surface area contributed by atoms with Crippen molar-refractivity contribution in [1.82, 2.24) is 9.78 Å². The summed E-state index contributed by atoms with van der Waals surface area (Å²) < 4.78 is 1.60. The van der Waals surface area contributed by atoms with Crippen molar-refractivity contribution in [2.24, 2.45) is 0 Å². The highest BCUT2D eigenvalue weighted by molar-refractivity contribution is 6.42. The van der Waals surface area contributed by atoms with E-state index in [1.807, 2.05) is 0 Å². The maximum atomic E-state index is 10.7. The molecule has 0 fully saturated rings. The number of carbonyl (C=O) groups excluding carboxylic acids is 1. The Morgan fingerprint density at radius 1 is 1.31 bits per heavy atom. The van der Waals surface area contributed by atoms with Crippen LogP contribution in [0.4, 0.5) is 0 Å². The number of rotatable bonds is 2. The summed E-state index contributed by atoms with van der Waals surface area (Å²) in [6.45, 7) is 1.78. The zero-order chi connectivity index (χ0) is 11.7. The minimum Gasteiger partial charge on any atom is -0.298 e. The third kappa shape index (κ3) is 1.96. The van der Waals surface area contributed by atoms with Crippen LogP contribution in [0.3, 0.4) is 0 Å². The van der Waals surface area contributed by atoms with E-state index in [-0.39, 0.29) is 0 Å². The van der Waals surface area contributed by atoms with Crippen LogP contribution in [-0.2, 0) is 0 Å². The summed E-state index contributed by atoms with van der Waals surface area (Å²) in [5, 5.41) is 5.16. The summed E-state index contributed by atoms with van der Waals surface area (Å²) in [5.41, 5.74) is 2.01. The molecule has 3 nitrogen and oxygen atoms in total. The van der Waals surface area contributed by atoms with Crippen LogP contribution in [0.2, 0.25) is 10.0 Å². The van der Waals surface area contributed by atoms with Gasteiger partial charge in [0.2, 0.25) is 0 Å². The van der Waals surface area contributed by atoms with Crippen molar-refractivity contribution in [3.8, 4) is 5.69 Å². The molecule has 0 spiro atoms. The van der Waals surface area contributed by atoms with Gasteiger partial charge in [0.15, 0.2) is 6.29 Å². The molecule has 16 heavy (non-hydrogen) atoms. The average molecular weight is 255 g/mol. The van der Waals surface area contributed by atoms with E-state index in [1.54, 1.807) is 36.0 Å². The van der Waals surface area contributed by atoms with Crippen molar-refractivity contribution < 1.29 is 4.79 Å². The van der Waals surface area contributed by atoms with Crippen LogP contribution >= 0.6 is 23.2 Å². The smallest absolute Gasteiger partial charge is 0.153 e. The molecule has 0 unspecified atom stereocenters. The van der Waals surface area contributed by atoms with Crippen molar-refractivity contribution in [2.45, 2.75) is 6.92 Å². The number of carbonyl (C=O) groups is 1. The number of halogens is 2. The predicted molar refractivity (Wildman–Crippen MR) is 63.7 cm³/mol. The van der Waals surface area contributed by atoms with Gasteiger partial charge in [0, 0.05) is 6.20 Å². The molecule has 2 rings (SSSR count). The van der Waals surface area contributed by atoms with Gasteiger partial charge in [-0.1, -0.05) is 23.2 Å². The van der Waals surface area contributed by atoms with E-state index in [1.165, 1.54) is 0 Å². The largest absolute Gasteiger partial charge is 0.298 e. The lowest BCUT2D eigenvalue weighted by Gasteiger charge is -2.02. The van der Waals surface area contributed by atoms with E-state index in [4.69, 9.17) is 23.2 Å². The topological polar surface area (TPSA) is 34.9 Å². The highest BCUT2D eigenvalue weighted by Gasteiger charge is 2.06. The molecule has 1 aromatic carbocycles. The number of aryl methyl sites for hydroxylation is 1. The minimum absolute atomic E-state index is 0.458. The van der Waals surface area contributed by atoms with Gasteiger partial charge in [0.05, 0.1) is 27.0 Å². The molecule has 0 amide bonds. The molecular weight excluding hydrogens is 247 g/mol. The van der Waals surface area contributed by atoms with Crippen molar-refractivity contribution in [1.29, 1.82) is 0 Å². The van der Waals surface area contributed by atoms with Gasteiger partial charge in [-0.3, -0.25) is 4.79 Å². The summed E-state index contributed by atoms with van der Waals surface area (Å²) in [6.07, 6.45) is 2.43. The SMILES string of the molecule is Cc1nn(-c2ccc(Cl)c(Cl)c2)cc1C=O. The molecular formula is C11H8Cl2N2O. The summed E-state index contributed by atoms with van der Waals surface area (Å²) in [6, 6.07) is 5.18. The van der Waals surface area contributed by atoms with Crippen molar-refractivity contribution in [3.63, 3.8) is 0 Å². The van der Waals surface area contributed by atoms with E-state index in [9.17, 15) is 4.79 Å². The van der Waals surface area contributed by atoms with Crippen molar-refractivity contribution in [2.75, 3.05) is 0 Å². The third-order valence-electron chi connectivity index (χ3n) is 2.23. The molecule has 0 aliphatic heterocycles. The van der Waals surface area contributed by atoms with Crippen molar-refractivity contribution >= 4 is 29.5 Å². The lowest BCUT2D eigenvalue weighted by atomic mass is 10.3. The maximum absolute atomic E-state index is 10.7. The van der Waals surface area contributed by atoms with Crippen LogP contribution < -0.4 is 0 Å². The van der Waals surface area contributed by atoms with Crippen LogP contribution in [0.1, 0.15) is 16.1 Å². The van der Waals surface area contributed by atoms with Gasteiger partial charge in [0.25, 0.3) is 0 Å². The molecule has 0 atom stereocenters. The zero-order valence-electron chi connectivity index (χ0n) is 8.45. The average Bonchev–Trinajstić information content (AvgIpc) is 2.64. The monoisotopic (exact) mass is 254 g/mol. The number of benzene rings is 1. The Hall–Kier alpha value is -1.32. The lowest BCUT2D eigenvalue weighted by Crippen LogP contribution is -1.94. The first kappa shape index (κ1) is 11.2. The fraction of sp³-hybridized carbons (Fsp3) is 0.0909. The van der Waals surface area contributed by atoms with Gasteiger partial charge in [-0.25, -0.2) is 4.68 Å². The first-order chi connectivity index (χ1) is 7.61. The molecule has 0 radical (unpaired) electrons. The van der Waals surface area contributed by atoms with E-state index >= 15 is 0 Å². The minimum atomic E-state index is 0.458. The van der Waals surface area contributed by atoms with Crippen LogP contribution in [0.5, 0.6) is 0 Å². The fourth-order valence-corrected chi connectivity index (χ4v) is 1.64.